The summed E-state index contributed by atoms with van der Waals surface area (Å²) >= 11 is 0. The normalized spacial score (nSPS) is 4.00. The van der Waals surface area contributed by atoms with Gasteiger partial charge >= 0.3 is 17.4 Å². The maximum atomic E-state index is 8.52. The van der Waals surface area contributed by atoms with Crippen LogP contribution in [0.25, 0.3) is 0 Å². The van der Waals surface area contributed by atoms with Crippen molar-refractivity contribution in [3.63, 3.8) is 0 Å². The van der Waals surface area contributed by atoms with E-state index in [4.69, 9.17) is 14.1 Å². The zero-order valence-corrected chi connectivity index (χ0v) is 4.86. The van der Waals surface area contributed by atoms with Crippen LogP contribution in [-0.2, 0) is 21.8 Å². The van der Waals surface area contributed by atoms with Gasteiger partial charge in [-0.2, -0.15) is 0 Å². The fourth-order valence-corrected chi connectivity index (χ4v) is 0. The number of hydrogen-bond donors (Lipinski definition) is 0. The second kappa shape index (κ2) is 8.92. The quantitative estimate of drug-likeness (QED) is 0.338. The van der Waals surface area contributed by atoms with Crippen molar-refractivity contribution < 1.29 is 36.9 Å². The molecule has 0 aliphatic carbocycles. The number of rotatable bonds is 0. The van der Waals surface area contributed by atoms with E-state index in [0.29, 0.717) is 0 Å². The van der Waals surface area contributed by atoms with Gasteiger partial charge in [-0.05, 0) is 0 Å². The SMILES string of the molecule is O=[Si]([O-])[O-].[Cr+3].[OH-]. The molecule has 0 saturated carbocycles. The van der Waals surface area contributed by atoms with Crippen molar-refractivity contribution in [3.05, 3.63) is 0 Å². The standard InChI is InChI=1S/Cr.O3Si.H2O/c;1-4(2)3;/h;;1H2/q+3;-2;/p-1. The van der Waals surface area contributed by atoms with Crippen molar-refractivity contribution in [2.75, 3.05) is 0 Å². The molecule has 0 rings (SSSR count). The van der Waals surface area contributed by atoms with E-state index in [1.54, 1.807) is 0 Å². The Hall–Kier alpha value is 0.109. The van der Waals surface area contributed by atoms with E-state index < -0.39 is 9.17 Å². The van der Waals surface area contributed by atoms with Gasteiger partial charge in [0.25, 0.3) is 0 Å². The van der Waals surface area contributed by atoms with E-state index in [9.17, 15) is 0 Å². The van der Waals surface area contributed by atoms with E-state index in [-0.39, 0.29) is 22.8 Å². The summed E-state index contributed by atoms with van der Waals surface area (Å²) < 4.78 is 8.52. The van der Waals surface area contributed by atoms with Gasteiger partial charge in [0, 0.05) is 9.17 Å². The first kappa shape index (κ1) is 16.5. The summed E-state index contributed by atoms with van der Waals surface area (Å²) in [6.45, 7) is 0. The third-order valence-electron chi connectivity index (χ3n) is 0. The molecule has 0 aromatic rings. The molecule has 0 spiro atoms. The second-order valence-corrected chi connectivity index (χ2v) is 0.750. The van der Waals surface area contributed by atoms with Crippen molar-refractivity contribution in [2.24, 2.45) is 0 Å². The van der Waals surface area contributed by atoms with Crippen LogP contribution in [0.4, 0.5) is 0 Å². The van der Waals surface area contributed by atoms with Crippen molar-refractivity contribution in [1.82, 2.24) is 0 Å². The van der Waals surface area contributed by atoms with Crippen molar-refractivity contribution in [1.29, 1.82) is 0 Å². The Kier molecular flexibility index (Phi) is 24.5. The van der Waals surface area contributed by atoms with Gasteiger partial charge in [0.05, 0.1) is 0 Å². The summed E-state index contributed by atoms with van der Waals surface area (Å²) in [4.78, 5) is 17.0. The molecule has 0 fully saturated rings. The minimum Gasteiger partial charge on any atom is -0.870 e. The maximum Gasteiger partial charge on any atom is 3.00 e. The monoisotopic (exact) mass is 145 g/mol. The van der Waals surface area contributed by atoms with Gasteiger partial charge in [-0.1, -0.05) is 0 Å². The molecule has 1 radical (unpaired) electrons. The summed E-state index contributed by atoms with van der Waals surface area (Å²) in [6, 6.07) is 0. The number of hydrogen-bond acceptors (Lipinski definition) is 4. The Morgan fingerprint density at radius 1 is 1.33 bits per heavy atom. The molecule has 4 nitrogen and oxygen atoms in total. The summed E-state index contributed by atoms with van der Waals surface area (Å²) in [7, 11) is -3.63. The minimum atomic E-state index is -3.63. The molecular formula is HCrO4Si. The van der Waals surface area contributed by atoms with Gasteiger partial charge in [0.15, 0.2) is 0 Å². The molecule has 0 aliphatic rings. The molecule has 0 bridgehead atoms. The van der Waals surface area contributed by atoms with Crippen LogP contribution in [0.2, 0.25) is 0 Å². The Bertz CT molecular complexity index is 30.5. The molecule has 0 aliphatic heterocycles. The Balaban J connectivity index is -0.0000000450. The molecular weight excluding hydrogens is 144 g/mol. The largest absolute Gasteiger partial charge is 3.00 e. The van der Waals surface area contributed by atoms with Gasteiger partial charge in [0.1, 0.15) is 0 Å². The zero-order valence-electron chi connectivity index (χ0n) is 2.58. The molecule has 0 saturated heterocycles. The van der Waals surface area contributed by atoms with Crippen LogP contribution in [0.15, 0.2) is 0 Å². The average molecular weight is 145 g/mol. The van der Waals surface area contributed by atoms with Crippen LogP contribution in [0, 0.1) is 0 Å². The van der Waals surface area contributed by atoms with E-state index in [2.05, 4.69) is 0 Å². The van der Waals surface area contributed by atoms with E-state index in [0.717, 1.165) is 0 Å². The molecule has 6 heteroatoms. The predicted octanol–water partition coefficient (Wildman–Crippen LogP) is -3.06. The van der Waals surface area contributed by atoms with Crippen LogP contribution in [0.3, 0.4) is 0 Å². The van der Waals surface area contributed by atoms with Crippen molar-refractivity contribution in [3.8, 4) is 0 Å². The van der Waals surface area contributed by atoms with Gasteiger partial charge in [-0.25, -0.2) is 0 Å². The van der Waals surface area contributed by atoms with Crippen LogP contribution in [0.5, 0.6) is 0 Å². The molecule has 0 atom stereocenters. The van der Waals surface area contributed by atoms with Gasteiger partial charge in [-0.15, -0.1) is 0 Å². The van der Waals surface area contributed by atoms with Crippen LogP contribution >= 0.6 is 0 Å². The molecule has 0 amide bonds. The molecule has 0 unspecified atom stereocenters. The molecule has 0 aromatic carbocycles. The molecule has 0 aromatic heterocycles. The zero-order chi connectivity index (χ0) is 3.58. The van der Waals surface area contributed by atoms with Gasteiger partial charge in [-0.3, -0.25) is 0 Å². The molecule has 35 valence electrons. The molecule has 1 N–H and O–H groups in total. The fourth-order valence-electron chi connectivity index (χ4n) is 0. The third-order valence-corrected chi connectivity index (χ3v) is 0. The van der Waals surface area contributed by atoms with E-state index in [1.807, 2.05) is 0 Å². The maximum absolute atomic E-state index is 8.52. The van der Waals surface area contributed by atoms with Crippen LogP contribution in [0.1, 0.15) is 0 Å². The van der Waals surface area contributed by atoms with Gasteiger partial charge < -0.3 is 19.5 Å². The first-order valence-electron chi connectivity index (χ1n) is 0.612. The summed E-state index contributed by atoms with van der Waals surface area (Å²) in [5.41, 5.74) is 0. The average Bonchev–Trinajstić information content (AvgIpc) is 0.811. The Morgan fingerprint density at radius 3 is 1.33 bits per heavy atom. The molecule has 6 heavy (non-hydrogen) atoms. The second-order valence-electron chi connectivity index (χ2n) is 0.250. The third kappa shape index (κ3) is 3320. The van der Waals surface area contributed by atoms with Gasteiger partial charge in [0.2, 0.25) is 0 Å². The van der Waals surface area contributed by atoms with Crippen LogP contribution < -0.4 is 9.59 Å². The van der Waals surface area contributed by atoms with Crippen molar-refractivity contribution in [2.45, 2.75) is 0 Å². The Labute approximate surface area is 46.8 Å². The van der Waals surface area contributed by atoms with E-state index in [1.165, 1.54) is 0 Å². The Morgan fingerprint density at radius 2 is 1.33 bits per heavy atom. The summed E-state index contributed by atoms with van der Waals surface area (Å²) in [5.74, 6) is 0. The summed E-state index contributed by atoms with van der Waals surface area (Å²) in [6.07, 6.45) is 0. The van der Waals surface area contributed by atoms with E-state index >= 15 is 0 Å². The first-order chi connectivity index (χ1) is 1.73. The first-order valence-corrected chi connectivity index (χ1v) is 1.84. The predicted molar refractivity (Wildman–Crippen MR) is 8.38 cm³/mol. The van der Waals surface area contributed by atoms with Crippen molar-refractivity contribution >= 4 is 9.17 Å². The molecule has 0 heterocycles. The smallest absolute Gasteiger partial charge is 0.870 e. The topological polar surface area (TPSA) is 93.2 Å². The summed E-state index contributed by atoms with van der Waals surface area (Å²) in [5, 5.41) is 0. The van der Waals surface area contributed by atoms with Crippen LogP contribution in [-0.4, -0.2) is 14.6 Å². The minimum absolute atomic E-state index is 0. The fraction of sp³-hybridized carbons (Fsp3) is 0.